The molecule has 0 spiro atoms. The van der Waals surface area contributed by atoms with Crippen LogP contribution in [0.25, 0.3) is 0 Å². The van der Waals surface area contributed by atoms with Gasteiger partial charge in [-0.05, 0) is 42.3 Å². The highest BCUT2D eigenvalue weighted by molar-refractivity contribution is 5.96. The number of rotatable bonds is 5. The van der Waals surface area contributed by atoms with Gasteiger partial charge in [0.1, 0.15) is 0 Å². The van der Waals surface area contributed by atoms with E-state index in [-0.39, 0.29) is 18.2 Å². The second kappa shape index (κ2) is 8.10. The van der Waals surface area contributed by atoms with E-state index in [4.69, 9.17) is 0 Å². The van der Waals surface area contributed by atoms with E-state index in [0.717, 1.165) is 11.1 Å². The quantitative estimate of drug-likeness (QED) is 0.820. The van der Waals surface area contributed by atoms with E-state index in [1.54, 1.807) is 42.5 Å². The fraction of sp³-hybridized carbons (Fsp3) is 0.211. The van der Waals surface area contributed by atoms with Crippen molar-refractivity contribution >= 4 is 29.2 Å². The van der Waals surface area contributed by atoms with Crippen molar-refractivity contribution in [3.05, 3.63) is 59.2 Å². The number of hydrogen-bond acceptors (Lipinski definition) is 4. The third kappa shape index (κ3) is 5.17. The molecular formula is C19H20N2O4. The molecule has 0 aliphatic heterocycles. The third-order valence-electron chi connectivity index (χ3n) is 3.57. The molecule has 2 N–H and O–H groups in total. The molecule has 0 aliphatic rings. The summed E-state index contributed by atoms with van der Waals surface area (Å²) in [6.45, 7) is 3.28. The van der Waals surface area contributed by atoms with Crippen LogP contribution in [0.3, 0.4) is 0 Å². The molecule has 0 fully saturated rings. The molecule has 0 atom stereocenters. The van der Waals surface area contributed by atoms with Gasteiger partial charge >= 0.3 is 5.97 Å². The van der Waals surface area contributed by atoms with Crippen LogP contribution in [0.15, 0.2) is 42.5 Å². The molecule has 130 valence electrons. The molecular weight excluding hydrogens is 320 g/mol. The molecule has 6 heteroatoms. The first-order valence-corrected chi connectivity index (χ1v) is 7.74. The van der Waals surface area contributed by atoms with Gasteiger partial charge in [0.15, 0.2) is 0 Å². The second-order valence-corrected chi connectivity index (χ2v) is 5.62. The summed E-state index contributed by atoms with van der Waals surface area (Å²) in [4.78, 5) is 34.8. The second-order valence-electron chi connectivity index (χ2n) is 5.62. The molecule has 2 aromatic rings. The van der Waals surface area contributed by atoms with Crippen LogP contribution in [-0.4, -0.2) is 24.9 Å². The number of ether oxygens (including phenoxy) is 1. The zero-order valence-electron chi connectivity index (χ0n) is 14.4. The monoisotopic (exact) mass is 340 g/mol. The van der Waals surface area contributed by atoms with Crippen LogP contribution in [-0.2, 0) is 20.7 Å². The molecule has 0 saturated heterocycles. The zero-order chi connectivity index (χ0) is 18.4. The number of carbonyl (C=O) groups is 3. The Balaban J connectivity index is 2.05. The Morgan fingerprint density at radius 3 is 2.28 bits per heavy atom. The summed E-state index contributed by atoms with van der Waals surface area (Å²) in [5.74, 6) is -0.798. The number of amides is 2. The summed E-state index contributed by atoms with van der Waals surface area (Å²) < 4.78 is 4.69. The molecule has 2 amide bonds. The summed E-state index contributed by atoms with van der Waals surface area (Å²) in [6.07, 6.45) is 0.183. The van der Waals surface area contributed by atoms with Gasteiger partial charge in [-0.2, -0.15) is 0 Å². The fourth-order valence-electron chi connectivity index (χ4n) is 2.29. The molecule has 2 aromatic carbocycles. The lowest BCUT2D eigenvalue weighted by Crippen LogP contribution is -2.16. The van der Waals surface area contributed by atoms with E-state index in [0.29, 0.717) is 16.9 Å². The number of aryl methyl sites for hydroxylation is 1. The number of hydrogen-bond donors (Lipinski definition) is 2. The van der Waals surface area contributed by atoms with Gasteiger partial charge in [0, 0.05) is 18.3 Å². The van der Waals surface area contributed by atoms with Crippen LogP contribution < -0.4 is 10.6 Å². The molecule has 0 radical (unpaired) electrons. The van der Waals surface area contributed by atoms with Crippen molar-refractivity contribution in [2.24, 2.45) is 0 Å². The number of esters is 1. The number of methoxy groups -OCH3 is 1. The van der Waals surface area contributed by atoms with Gasteiger partial charge in [0.25, 0.3) is 0 Å². The normalized spacial score (nSPS) is 10.0. The van der Waals surface area contributed by atoms with Crippen LogP contribution in [0, 0.1) is 6.92 Å². The Hall–Kier alpha value is -3.15. The number of nitrogens with one attached hydrogen (secondary N) is 2. The molecule has 0 saturated carbocycles. The van der Waals surface area contributed by atoms with Crippen molar-refractivity contribution in [2.75, 3.05) is 17.7 Å². The first-order chi connectivity index (χ1) is 11.9. The van der Waals surface area contributed by atoms with E-state index in [1.165, 1.54) is 14.0 Å². The maximum absolute atomic E-state index is 12.3. The van der Waals surface area contributed by atoms with Gasteiger partial charge in [-0.15, -0.1) is 0 Å². The van der Waals surface area contributed by atoms with Gasteiger partial charge in [-0.25, -0.2) is 4.79 Å². The van der Waals surface area contributed by atoms with Crippen LogP contribution >= 0.6 is 0 Å². The molecule has 25 heavy (non-hydrogen) atoms. The van der Waals surface area contributed by atoms with Gasteiger partial charge in [-0.3, -0.25) is 9.59 Å². The Morgan fingerprint density at radius 2 is 1.68 bits per heavy atom. The van der Waals surface area contributed by atoms with Gasteiger partial charge in [0.2, 0.25) is 11.8 Å². The lowest BCUT2D eigenvalue weighted by Gasteiger charge is -2.10. The van der Waals surface area contributed by atoms with E-state index in [9.17, 15) is 14.4 Å². The minimum Gasteiger partial charge on any atom is -0.465 e. The van der Waals surface area contributed by atoms with Crippen LogP contribution in [0.4, 0.5) is 11.4 Å². The summed E-state index contributed by atoms with van der Waals surface area (Å²) in [5, 5.41) is 5.48. The number of carbonyl (C=O) groups excluding carboxylic acids is 3. The SMILES string of the molecule is COC(=O)c1ccc(C)c(NC(=O)Cc2ccc(NC(C)=O)cc2)c1. The van der Waals surface area contributed by atoms with Crippen LogP contribution in [0.2, 0.25) is 0 Å². The largest absolute Gasteiger partial charge is 0.465 e. The summed E-state index contributed by atoms with van der Waals surface area (Å²) >= 11 is 0. The fourth-order valence-corrected chi connectivity index (χ4v) is 2.29. The van der Waals surface area contributed by atoms with E-state index in [1.807, 2.05) is 6.92 Å². The number of anilines is 2. The van der Waals surface area contributed by atoms with Crippen molar-refractivity contribution in [1.29, 1.82) is 0 Å². The molecule has 0 bridgehead atoms. The lowest BCUT2D eigenvalue weighted by atomic mass is 10.1. The lowest BCUT2D eigenvalue weighted by molar-refractivity contribution is -0.116. The van der Waals surface area contributed by atoms with E-state index in [2.05, 4.69) is 15.4 Å². The summed E-state index contributed by atoms with van der Waals surface area (Å²) in [6, 6.07) is 12.0. The van der Waals surface area contributed by atoms with Gasteiger partial charge in [0.05, 0.1) is 19.1 Å². The topological polar surface area (TPSA) is 84.5 Å². The first kappa shape index (κ1) is 18.2. The Bertz CT molecular complexity index is 798. The average Bonchev–Trinajstić information content (AvgIpc) is 2.57. The molecule has 0 heterocycles. The predicted molar refractivity (Wildman–Crippen MR) is 95.6 cm³/mol. The van der Waals surface area contributed by atoms with Crippen LogP contribution in [0.1, 0.15) is 28.4 Å². The summed E-state index contributed by atoms with van der Waals surface area (Å²) in [7, 11) is 1.31. The van der Waals surface area contributed by atoms with Crippen LogP contribution in [0.5, 0.6) is 0 Å². The minimum atomic E-state index is -0.455. The van der Waals surface area contributed by atoms with E-state index < -0.39 is 5.97 Å². The highest BCUT2D eigenvalue weighted by Gasteiger charge is 2.11. The number of benzene rings is 2. The Kier molecular flexibility index (Phi) is 5.89. The van der Waals surface area contributed by atoms with E-state index >= 15 is 0 Å². The molecule has 0 aromatic heterocycles. The average molecular weight is 340 g/mol. The standard InChI is InChI=1S/C19H20N2O4/c1-12-4-7-15(19(24)25-3)11-17(12)21-18(23)10-14-5-8-16(9-6-14)20-13(2)22/h4-9,11H,10H2,1-3H3,(H,20,22)(H,21,23). The van der Waals surface area contributed by atoms with Gasteiger partial charge < -0.3 is 15.4 Å². The van der Waals surface area contributed by atoms with Crippen molar-refractivity contribution in [3.8, 4) is 0 Å². The van der Waals surface area contributed by atoms with Crippen molar-refractivity contribution in [2.45, 2.75) is 20.3 Å². The smallest absolute Gasteiger partial charge is 0.337 e. The highest BCUT2D eigenvalue weighted by Crippen LogP contribution is 2.18. The molecule has 2 rings (SSSR count). The maximum atomic E-state index is 12.3. The Labute approximate surface area is 146 Å². The highest BCUT2D eigenvalue weighted by atomic mass is 16.5. The molecule has 6 nitrogen and oxygen atoms in total. The van der Waals surface area contributed by atoms with Crippen molar-refractivity contribution in [1.82, 2.24) is 0 Å². The summed E-state index contributed by atoms with van der Waals surface area (Å²) in [5.41, 5.74) is 3.29. The Morgan fingerprint density at radius 1 is 1.00 bits per heavy atom. The maximum Gasteiger partial charge on any atom is 0.337 e. The molecule has 0 aliphatic carbocycles. The zero-order valence-corrected chi connectivity index (χ0v) is 14.4. The predicted octanol–water partition coefficient (Wildman–Crippen LogP) is 2.92. The van der Waals surface area contributed by atoms with Crippen molar-refractivity contribution in [3.63, 3.8) is 0 Å². The van der Waals surface area contributed by atoms with Crippen molar-refractivity contribution < 1.29 is 19.1 Å². The molecule has 0 unspecified atom stereocenters. The first-order valence-electron chi connectivity index (χ1n) is 7.74. The van der Waals surface area contributed by atoms with Gasteiger partial charge in [-0.1, -0.05) is 18.2 Å². The third-order valence-corrected chi connectivity index (χ3v) is 3.57. The minimum absolute atomic E-state index is 0.147.